The molecule has 0 bridgehead atoms. The van der Waals surface area contributed by atoms with E-state index in [1.54, 1.807) is 0 Å². The van der Waals surface area contributed by atoms with E-state index in [-0.39, 0.29) is 29.6 Å². The Bertz CT molecular complexity index is 957. The van der Waals surface area contributed by atoms with Gasteiger partial charge in [0.1, 0.15) is 5.82 Å². The van der Waals surface area contributed by atoms with Gasteiger partial charge in [-0.2, -0.15) is 13.2 Å². The molecule has 0 radical (unpaired) electrons. The molecule has 144 valence electrons. The average Bonchev–Trinajstić information content (AvgIpc) is 2.67. The van der Waals surface area contributed by atoms with Crippen LogP contribution in [-0.2, 0) is 12.7 Å². The Morgan fingerprint density at radius 1 is 0.964 bits per heavy atom. The fourth-order valence-corrected chi connectivity index (χ4v) is 2.36. The molecule has 0 saturated carbocycles. The van der Waals surface area contributed by atoms with Crippen LogP contribution in [0.1, 0.15) is 21.5 Å². The number of para-hydroxylation sites is 1. The molecule has 1 heterocycles. The minimum absolute atomic E-state index is 0.0771. The Balaban J connectivity index is 1.65. The van der Waals surface area contributed by atoms with Crippen molar-refractivity contribution in [2.24, 2.45) is 0 Å². The van der Waals surface area contributed by atoms with E-state index in [0.29, 0.717) is 5.56 Å². The minimum atomic E-state index is -4.52. The van der Waals surface area contributed by atoms with Gasteiger partial charge in [0, 0.05) is 18.9 Å². The summed E-state index contributed by atoms with van der Waals surface area (Å²) < 4.78 is 51.9. The number of nitrogens with zero attached hydrogens (tertiary/aromatic N) is 2. The van der Waals surface area contributed by atoms with Gasteiger partial charge < -0.3 is 10.6 Å². The molecular weight excluding hydrogens is 376 g/mol. The minimum Gasteiger partial charge on any atom is -0.348 e. The third-order valence-corrected chi connectivity index (χ3v) is 3.76. The van der Waals surface area contributed by atoms with Crippen LogP contribution in [-0.4, -0.2) is 15.9 Å². The lowest BCUT2D eigenvalue weighted by Gasteiger charge is -2.13. The highest BCUT2D eigenvalue weighted by Gasteiger charge is 2.33. The zero-order valence-electron chi connectivity index (χ0n) is 14.3. The van der Waals surface area contributed by atoms with Gasteiger partial charge in [-0.1, -0.05) is 24.3 Å². The Morgan fingerprint density at radius 2 is 1.61 bits per heavy atom. The normalized spacial score (nSPS) is 11.1. The van der Waals surface area contributed by atoms with E-state index in [9.17, 15) is 22.4 Å². The topological polar surface area (TPSA) is 66.9 Å². The molecule has 2 N–H and O–H groups in total. The van der Waals surface area contributed by atoms with Crippen molar-refractivity contribution in [3.8, 4) is 0 Å². The third kappa shape index (κ3) is 4.81. The Hall–Kier alpha value is -3.49. The van der Waals surface area contributed by atoms with Crippen LogP contribution in [0.15, 0.2) is 60.9 Å². The molecule has 0 unspecified atom stereocenters. The molecule has 3 aromatic rings. The molecular formula is C19H14F4N4O. The molecule has 0 atom stereocenters. The highest BCUT2D eigenvalue weighted by molar-refractivity contribution is 5.93. The summed E-state index contributed by atoms with van der Waals surface area (Å²) in [5, 5.41) is 5.12. The maximum atomic E-state index is 13.0. The number of benzene rings is 2. The lowest BCUT2D eigenvalue weighted by atomic mass is 10.1. The molecule has 3 rings (SSSR count). The molecule has 1 aromatic heterocycles. The number of carbonyl (C=O) groups excluding carboxylic acids is 1. The Morgan fingerprint density at radius 3 is 2.25 bits per heavy atom. The van der Waals surface area contributed by atoms with Crippen LogP contribution in [0.2, 0.25) is 0 Å². The highest BCUT2D eigenvalue weighted by atomic mass is 19.4. The van der Waals surface area contributed by atoms with E-state index in [1.807, 2.05) is 0 Å². The molecule has 5 nitrogen and oxygen atoms in total. The molecule has 0 aliphatic carbocycles. The fourth-order valence-electron chi connectivity index (χ4n) is 2.36. The summed E-state index contributed by atoms with van der Waals surface area (Å²) in [6, 6.07) is 10.6. The van der Waals surface area contributed by atoms with Crippen molar-refractivity contribution < 1.29 is 22.4 Å². The molecule has 0 saturated heterocycles. The second-order valence-electron chi connectivity index (χ2n) is 5.77. The van der Waals surface area contributed by atoms with Gasteiger partial charge in [0.05, 0.1) is 16.8 Å². The van der Waals surface area contributed by atoms with Crippen molar-refractivity contribution in [3.63, 3.8) is 0 Å². The fraction of sp³-hybridized carbons (Fsp3) is 0.105. The molecule has 9 heteroatoms. The quantitative estimate of drug-likeness (QED) is 0.638. The Labute approximate surface area is 157 Å². The van der Waals surface area contributed by atoms with Crippen LogP contribution in [0.4, 0.5) is 29.2 Å². The second-order valence-corrected chi connectivity index (χ2v) is 5.77. The van der Waals surface area contributed by atoms with Gasteiger partial charge in [-0.15, -0.1) is 0 Å². The maximum Gasteiger partial charge on any atom is 0.418 e. The first-order chi connectivity index (χ1) is 13.3. The molecule has 28 heavy (non-hydrogen) atoms. The summed E-state index contributed by atoms with van der Waals surface area (Å²) in [5.41, 5.74) is -0.197. The van der Waals surface area contributed by atoms with Gasteiger partial charge in [-0.05, 0) is 29.8 Å². The number of amides is 1. The van der Waals surface area contributed by atoms with E-state index < -0.39 is 17.6 Å². The second kappa shape index (κ2) is 8.03. The summed E-state index contributed by atoms with van der Waals surface area (Å²) in [7, 11) is 0. The van der Waals surface area contributed by atoms with Gasteiger partial charge in [0.25, 0.3) is 5.91 Å². The number of hydrogen-bond acceptors (Lipinski definition) is 4. The van der Waals surface area contributed by atoms with Crippen molar-refractivity contribution in [1.82, 2.24) is 15.3 Å². The SMILES string of the molecule is O=C(NCc1ccc(F)cc1)c1cnc(Nc2ccccc2C(F)(F)F)nc1. The smallest absolute Gasteiger partial charge is 0.348 e. The molecule has 2 aromatic carbocycles. The number of anilines is 2. The highest BCUT2D eigenvalue weighted by Crippen LogP contribution is 2.35. The van der Waals surface area contributed by atoms with Crippen LogP contribution in [0.3, 0.4) is 0 Å². The van der Waals surface area contributed by atoms with Gasteiger partial charge >= 0.3 is 6.18 Å². The zero-order chi connectivity index (χ0) is 20.1. The van der Waals surface area contributed by atoms with Crippen molar-refractivity contribution >= 4 is 17.5 Å². The Kier molecular flexibility index (Phi) is 5.53. The van der Waals surface area contributed by atoms with E-state index >= 15 is 0 Å². The van der Waals surface area contributed by atoms with Crippen LogP contribution in [0.5, 0.6) is 0 Å². The predicted molar refractivity (Wildman–Crippen MR) is 94.3 cm³/mol. The first kappa shape index (κ1) is 19.3. The number of halogens is 4. The van der Waals surface area contributed by atoms with Gasteiger partial charge in [-0.3, -0.25) is 4.79 Å². The van der Waals surface area contributed by atoms with Crippen LogP contribution >= 0.6 is 0 Å². The van der Waals surface area contributed by atoms with Crippen LogP contribution in [0, 0.1) is 5.82 Å². The first-order valence-electron chi connectivity index (χ1n) is 8.11. The molecule has 0 fully saturated rings. The molecule has 0 aliphatic rings. The zero-order valence-corrected chi connectivity index (χ0v) is 14.3. The number of nitrogens with one attached hydrogen (secondary N) is 2. The third-order valence-electron chi connectivity index (χ3n) is 3.76. The van der Waals surface area contributed by atoms with Gasteiger partial charge in [0.15, 0.2) is 0 Å². The van der Waals surface area contributed by atoms with E-state index in [0.717, 1.165) is 6.07 Å². The maximum absolute atomic E-state index is 13.0. The van der Waals surface area contributed by atoms with Crippen LogP contribution < -0.4 is 10.6 Å². The van der Waals surface area contributed by atoms with E-state index in [2.05, 4.69) is 20.6 Å². The molecule has 0 spiro atoms. The number of rotatable bonds is 5. The summed E-state index contributed by atoms with van der Waals surface area (Å²) >= 11 is 0. The molecule has 0 aliphatic heterocycles. The summed E-state index contributed by atoms with van der Waals surface area (Å²) in [4.78, 5) is 19.9. The van der Waals surface area contributed by atoms with Gasteiger partial charge in [0.2, 0.25) is 5.95 Å². The number of aromatic nitrogens is 2. The number of carbonyl (C=O) groups is 1. The predicted octanol–water partition coefficient (Wildman–Crippen LogP) is 4.31. The largest absolute Gasteiger partial charge is 0.418 e. The van der Waals surface area contributed by atoms with Crippen molar-refractivity contribution in [1.29, 1.82) is 0 Å². The van der Waals surface area contributed by atoms with Gasteiger partial charge in [-0.25, -0.2) is 14.4 Å². The monoisotopic (exact) mass is 390 g/mol. The average molecular weight is 390 g/mol. The lowest BCUT2D eigenvalue weighted by molar-refractivity contribution is -0.136. The van der Waals surface area contributed by atoms with E-state index in [1.165, 1.54) is 54.9 Å². The number of alkyl halides is 3. The van der Waals surface area contributed by atoms with Crippen molar-refractivity contribution in [2.45, 2.75) is 12.7 Å². The van der Waals surface area contributed by atoms with Crippen molar-refractivity contribution in [2.75, 3.05) is 5.32 Å². The van der Waals surface area contributed by atoms with E-state index in [4.69, 9.17) is 0 Å². The number of hydrogen-bond donors (Lipinski definition) is 2. The summed E-state index contributed by atoms with van der Waals surface area (Å²) in [6.07, 6.45) is -2.12. The first-order valence-corrected chi connectivity index (χ1v) is 8.11. The summed E-state index contributed by atoms with van der Waals surface area (Å²) in [6.45, 7) is 0.179. The lowest BCUT2D eigenvalue weighted by Crippen LogP contribution is -2.23. The van der Waals surface area contributed by atoms with Crippen molar-refractivity contribution in [3.05, 3.63) is 83.4 Å². The summed E-state index contributed by atoms with van der Waals surface area (Å²) in [5.74, 6) is -0.919. The molecule has 1 amide bonds. The van der Waals surface area contributed by atoms with Crippen LogP contribution in [0.25, 0.3) is 0 Å². The standard InChI is InChI=1S/C19H14F4N4O/c20-14-7-5-12(6-8-14)9-24-17(28)13-10-25-18(26-11-13)27-16-4-2-1-3-15(16)19(21,22)23/h1-8,10-11H,9H2,(H,24,28)(H,25,26,27).